The van der Waals surface area contributed by atoms with E-state index in [-0.39, 0.29) is 26.4 Å². The molecule has 6 heteroatoms. The molecule has 0 aromatic carbocycles. The molecule has 0 N–H and O–H groups in total. The average Bonchev–Trinajstić information content (AvgIpc) is 2.81. The van der Waals surface area contributed by atoms with Gasteiger partial charge in [-0.15, -0.1) is 0 Å². The number of esters is 1. The molecule has 1 aromatic rings. The second kappa shape index (κ2) is 5.93. The molecule has 5 nitrogen and oxygen atoms in total. The van der Waals surface area contributed by atoms with Gasteiger partial charge < -0.3 is 9.47 Å². The Kier molecular flexibility index (Phi) is 4.14. The third kappa shape index (κ3) is 2.50. The van der Waals surface area contributed by atoms with Crippen molar-refractivity contribution in [1.29, 1.82) is 0 Å². The van der Waals surface area contributed by atoms with Crippen LogP contribution in [0.25, 0.3) is 0 Å². The fourth-order valence-electron chi connectivity index (χ4n) is 3.27. The molecule has 3 rings (SSSR count). The van der Waals surface area contributed by atoms with Gasteiger partial charge in [0, 0.05) is 32.0 Å². The summed E-state index contributed by atoms with van der Waals surface area (Å²) in [5, 5.41) is 0. The first-order valence-corrected chi connectivity index (χ1v) is 7.65. The van der Waals surface area contributed by atoms with Crippen LogP contribution in [0.15, 0.2) is 24.5 Å². The molecular formula is C16H21FN2O3. The van der Waals surface area contributed by atoms with Gasteiger partial charge in [-0.1, -0.05) is 0 Å². The van der Waals surface area contributed by atoms with Crippen molar-refractivity contribution in [2.45, 2.75) is 19.0 Å². The highest BCUT2D eigenvalue weighted by Crippen LogP contribution is 2.48. The van der Waals surface area contributed by atoms with Gasteiger partial charge in [0.05, 0.1) is 25.2 Å². The van der Waals surface area contributed by atoms with Crippen molar-refractivity contribution in [2.24, 2.45) is 5.41 Å². The van der Waals surface area contributed by atoms with Crippen LogP contribution in [0.2, 0.25) is 0 Å². The number of carbonyl (C=O) groups excluding carboxylic acids is 1. The summed E-state index contributed by atoms with van der Waals surface area (Å²) in [6, 6.07) is 3.90. The first-order chi connectivity index (χ1) is 10.6. The van der Waals surface area contributed by atoms with Gasteiger partial charge in [0.15, 0.2) is 0 Å². The standard InChI is InChI=1S/C16H21FN2O3/c1-2-22-14(20)16(17)10-19(9-15(16)11-21-12-15)8-5-13-3-6-18-7-4-13/h3-4,6-7H,2,5,8-12H2,1H3/t16-/m0/s1. The minimum absolute atomic E-state index is 0.0836. The molecule has 2 saturated heterocycles. The van der Waals surface area contributed by atoms with Crippen LogP contribution in [0.1, 0.15) is 12.5 Å². The highest BCUT2D eigenvalue weighted by atomic mass is 19.1. The van der Waals surface area contributed by atoms with E-state index in [1.165, 1.54) is 0 Å². The average molecular weight is 308 g/mol. The number of aromatic nitrogens is 1. The van der Waals surface area contributed by atoms with Crippen molar-refractivity contribution < 1.29 is 18.7 Å². The van der Waals surface area contributed by atoms with E-state index in [1.54, 1.807) is 19.3 Å². The van der Waals surface area contributed by atoms with Crippen LogP contribution in [0.5, 0.6) is 0 Å². The first kappa shape index (κ1) is 15.4. The molecule has 0 radical (unpaired) electrons. The lowest BCUT2D eigenvalue weighted by Crippen LogP contribution is -2.61. The number of halogens is 1. The highest BCUT2D eigenvalue weighted by molar-refractivity contribution is 5.82. The van der Waals surface area contributed by atoms with E-state index in [2.05, 4.69) is 4.98 Å². The van der Waals surface area contributed by atoms with Gasteiger partial charge >= 0.3 is 5.97 Å². The number of carbonyl (C=O) groups is 1. The van der Waals surface area contributed by atoms with E-state index < -0.39 is 17.1 Å². The number of hydrogen-bond donors (Lipinski definition) is 0. The Bertz CT molecular complexity index is 535. The van der Waals surface area contributed by atoms with Gasteiger partial charge in [-0.05, 0) is 31.0 Å². The fraction of sp³-hybridized carbons (Fsp3) is 0.625. The maximum absolute atomic E-state index is 15.4. The van der Waals surface area contributed by atoms with E-state index in [1.807, 2.05) is 17.0 Å². The summed E-state index contributed by atoms with van der Waals surface area (Å²) in [6.45, 7) is 3.78. The van der Waals surface area contributed by atoms with Crippen molar-refractivity contribution >= 4 is 5.97 Å². The van der Waals surface area contributed by atoms with Crippen molar-refractivity contribution in [1.82, 2.24) is 9.88 Å². The fourth-order valence-corrected chi connectivity index (χ4v) is 3.27. The maximum Gasteiger partial charge on any atom is 0.346 e. The Balaban J connectivity index is 1.67. The lowest BCUT2D eigenvalue weighted by Gasteiger charge is -2.44. The van der Waals surface area contributed by atoms with Crippen molar-refractivity contribution in [3.63, 3.8) is 0 Å². The SMILES string of the molecule is CCOC(=O)[C@@]1(F)CN(CCc2ccncc2)CC12COC2. The molecule has 1 aromatic heterocycles. The predicted molar refractivity (Wildman–Crippen MR) is 78.1 cm³/mol. The number of pyridine rings is 1. The van der Waals surface area contributed by atoms with Crippen molar-refractivity contribution in [3.05, 3.63) is 30.1 Å². The van der Waals surface area contributed by atoms with Crippen LogP contribution in [0.3, 0.4) is 0 Å². The monoisotopic (exact) mass is 308 g/mol. The van der Waals surface area contributed by atoms with Gasteiger partial charge in [-0.2, -0.15) is 0 Å². The zero-order chi connectivity index (χ0) is 15.6. The van der Waals surface area contributed by atoms with Gasteiger partial charge in [0.2, 0.25) is 5.67 Å². The van der Waals surface area contributed by atoms with Crippen LogP contribution < -0.4 is 0 Å². The lowest BCUT2D eigenvalue weighted by atomic mass is 9.74. The highest BCUT2D eigenvalue weighted by Gasteiger charge is 2.67. The molecule has 120 valence electrons. The summed E-state index contributed by atoms with van der Waals surface area (Å²) >= 11 is 0. The summed E-state index contributed by atoms with van der Waals surface area (Å²) < 4.78 is 25.5. The lowest BCUT2D eigenvalue weighted by molar-refractivity contribution is -0.196. The largest absolute Gasteiger partial charge is 0.464 e. The van der Waals surface area contributed by atoms with Crippen LogP contribution in [-0.2, 0) is 20.7 Å². The van der Waals surface area contributed by atoms with E-state index >= 15 is 4.39 Å². The molecule has 0 saturated carbocycles. The van der Waals surface area contributed by atoms with E-state index in [0.29, 0.717) is 13.1 Å². The Hall–Kier alpha value is -1.53. The summed E-state index contributed by atoms with van der Waals surface area (Å²) in [7, 11) is 0. The number of hydrogen-bond acceptors (Lipinski definition) is 5. The second-order valence-electron chi connectivity index (χ2n) is 6.11. The van der Waals surface area contributed by atoms with Crippen LogP contribution in [0, 0.1) is 5.41 Å². The summed E-state index contributed by atoms with van der Waals surface area (Å²) in [4.78, 5) is 18.1. The normalized spacial score (nSPS) is 26.8. The molecule has 2 aliphatic heterocycles. The van der Waals surface area contributed by atoms with Crippen molar-refractivity contribution in [2.75, 3.05) is 39.5 Å². The summed E-state index contributed by atoms with van der Waals surface area (Å²) in [5.74, 6) is -0.746. The molecule has 0 aliphatic carbocycles. The van der Waals surface area contributed by atoms with E-state index in [9.17, 15) is 4.79 Å². The second-order valence-corrected chi connectivity index (χ2v) is 6.11. The first-order valence-electron chi connectivity index (χ1n) is 7.65. The third-order valence-electron chi connectivity index (χ3n) is 4.63. The van der Waals surface area contributed by atoms with Gasteiger partial charge in [-0.3, -0.25) is 9.88 Å². The molecule has 0 amide bonds. The van der Waals surface area contributed by atoms with E-state index in [0.717, 1.165) is 12.0 Å². The Morgan fingerprint density at radius 1 is 1.41 bits per heavy atom. The predicted octanol–water partition coefficient (Wildman–Crippen LogP) is 1.23. The number of likely N-dealkylation sites (tertiary alicyclic amines) is 1. The molecular weight excluding hydrogens is 287 g/mol. The minimum Gasteiger partial charge on any atom is -0.464 e. The molecule has 1 atom stereocenters. The maximum atomic E-state index is 15.4. The molecule has 2 fully saturated rings. The number of alkyl halides is 1. The van der Waals surface area contributed by atoms with Crippen LogP contribution in [-0.4, -0.2) is 61.0 Å². The summed E-state index contributed by atoms with van der Waals surface area (Å²) in [5.41, 5.74) is -1.54. The number of nitrogens with zero attached hydrogens (tertiary/aromatic N) is 2. The zero-order valence-electron chi connectivity index (χ0n) is 12.8. The molecule has 3 heterocycles. The molecule has 2 aliphatic rings. The Morgan fingerprint density at radius 2 is 2.14 bits per heavy atom. The molecule has 0 bridgehead atoms. The number of ether oxygens (including phenoxy) is 2. The molecule has 1 spiro atoms. The van der Waals surface area contributed by atoms with Gasteiger partial charge in [0.25, 0.3) is 0 Å². The van der Waals surface area contributed by atoms with E-state index in [4.69, 9.17) is 9.47 Å². The smallest absolute Gasteiger partial charge is 0.346 e. The number of rotatable bonds is 5. The zero-order valence-corrected chi connectivity index (χ0v) is 12.8. The van der Waals surface area contributed by atoms with Crippen molar-refractivity contribution in [3.8, 4) is 0 Å². The summed E-state index contributed by atoms with van der Waals surface area (Å²) in [6.07, 6.45) is 4.30. The quantitative estimate of drug-likeness (QED) is 0.766. The van der Waals surface area contributed by atoms with Crippen LogP contribution in [0.4, 0.5) is 4.39 Å². The van der Waals surface area contributed by atoms with Gasteiger partial charge in [-0.25, -0.2) is 9.18 Å². The Morgan fingerprint density at radius 3 is 2.73 bits per heavy atom. The van der Waals surface area contributed by atoms with Crippen LogP contribution >= 0.6 is 0 Å². The minimum atomic E-state index is -1.96. The Labute approximate surface area is 129 Å². The van der Waals surface area contributed by atoms with Gasteiger partial charge in [0.1, 0.15) is 0 Å². The molecule has 0 unspecified atom stereocenters. The third-order valence-corrected chi connectivity index (χ3v) is 4.63. The molecule has 22 heavy (non-hydrogen) atoms. The topological polar surface area (TPSA) is 51.7 Å².